The van der Waals surface area contributed by atoms with Crippen molar-refractivity contribution in [2.24, 2.45) is 5.92 Å². The minimum atomic E-state index is -0.227. The van der Waals surface area contributed by atoms with Gasteiger partial charge in [-0.15, -0.1) is 0 Å². The van der Waals surface area contributed by atoms with Crippen LogP contribution in [0.15, 0.2) is 36.5 Å². The number of methoxy groups -OCH3 is 1. The number of allylic oxidation sites excluding steroid dienone is 4. The molecule has 0 aliphatic heterocycles. The van der Waals surface area contributed by atoms with Crippen molar-refractivity contribution in [1.29, 1.82) is 0 Å². The lowest BCUT2D eigenvalue weighted by atomic mass is 10.2. The third-order valence-electron chi connectivity index (χ3n) is 1.44. The van der Waals surface area contributed by atoms with Gasteiger partial charge in [-0.2, -0.15) is 0 Å². The second kappa shape index (κ2) is 3.76. The van der Waals surface area contributed by atoms with Gasteiger partial charge in [-0.3, -0.25) is 4.79 Å². The molecule has 0 fully saturated rings. The van der Waals surface area contributed by atoms with Gasteiger partial charge in [-0.25, -0.2) is 0 Å². The van der Waals surface area contributed by atoms with Crippen LogP contribution in [0.25, 0.3) is 0 Å². The Morgan fingerprint density at radius 1 is 1.18 bits per heavy atom. The van der Waals surface area contributed by atoms with Crippen molar-refractivity contribution in [3.8, 4) is 0 Å². The highest BCUT2D eigenvalue weighted by atomic mass is 16.6. The van der Waals surface area contributed by atoms with Gasteiger partial charge in [0.25, 0.3) is 0 Å². The van der Waals surface area contributed by atoms with E-state index in [0.717, 1.165) is 0 Å². The van der Waals surface area contributed by atoms with Crippen LogP contribution < -0.4 is 0 Å². The summed E-state index contributed by atoms with van der Waals surface area (Å²) in [6.45, 7) is 0. The Morgan fingerprint density at radius 3 is 2.18 bits per heavy atom. The molecule has 0 aromatic heterocycles. The summed E-state index contributed by atoms with van der Waals surface area (Å²) < 4.78 is 4.58. The summed E-state index contributed by atoms with van der Waals surface area (Å²) in [5, 5.41) is 0. The van der Waals surface area contributed by atoms with E-state index in [0.29, 0.717) is 0 Å². The lowest BCUT2D eigenvalue weighted by Crippen LogP contribution is -2.10. The fourth-order valence-electron chi connectivity index (χ4n) is 0.853. The van der Waals surface area contributed by atoms with Crippen molar-refractivity contribution in [2.75, 3.05) is 7.11 Å². The molecule has 1 rings (SSSR count). The van der Waals surface area contributed by atoms with Crippen molar-refractivity contribution >= 4 is 5.97 Å². The molecule has 0 bridgehead atoms. The Balaban J connectivity index is 2.67. The van der Waals surface area contributed by atoms with Crippen LogP contribution in [0.1, 0.15) is 0 Å². The molecule has 0 aromatic carbocycles. The fraction of sp³-hybridized carbons (Fsp3) is 0.222. The smallest absolute Gasteiger partial charge is 0.316 e. The summed E-state index contributed by atoms with van der Waals surface area (Å²) in [4.78, 5) is 11.0. The Morgan fingerprint density at radius 2 is 1.73 bits per heavy atom. The van der Waals surface area contributed by atoms with E-state index in [1.165, 1.54) is 7.11 Å². The summed E-state index contributed by atoms with van der Waals surface area (Å²) in [5.41, 5.74) is 0. The van der Waals surface area contributed by atoms with E-state index < -0.39 is 0 Å². The topological polar surface area (TPSA) is 26.3 Å². The van der Waals surface area contributed by atoms with Crippen LogP contribution in [0.2, 0.25) is 0 Å². The SMILES string of the molecule is CO[13C](=O)C1C=CC=CC=C1. The van der Waals surface area contributed by atoms with Gasteiger partial charge >= 0.3 is 5.97 Å². The number of rotatable bonds is 1. The molecule has 2 heteroatoms. The minimum absolute atomic E-state index is 0.221. The average Bonchev–Trinajstić information content (AvgIpc) is 2.30. The summed E-state index contributed by atoms with van der Waals surface area (Å²) >= 11 is 0. The predicted octanol–water partition coefficient (Wildman–Crippen LogP) is 1.46. The van der Waals surface area contributed by atoms with Gasteiger partial charge in [0.15, 0.2) is 0 Å². The van der Waals surface area contributed by atoms with Crippen LogP contribution >= 0.6 is 0 Å². The van der Waals surface area contributed by atoms with E-state index in [9.17, 15) is 4.79 Å². The Labute approximate surface area is 65.9 Å². The van der Waals surface area contributed by atoms with Crippen molar-refractivity contribution in [3.63, 3.8) is 0 Å². The van der Waals surface area contributed by atoms with Gasteiger partial charge in [-0.05, 0) is 0 Å². The lowest BCUT2D eigenvalue weighted by molar-refractivity contribution is -0.142. The molecule has 1 aliphatic carbocycles. The Bertz CT molecular complexity index is 208. The molecule has 0 saturated heterocycles. The van der Waals surface area contributed by atoms with Gasteiger partial charge < -0.3 is 4.74 Å². The summed E-state index contributed by atoms with van der Waals surface area (Å²) in [5.74, 6) is -0.448. The Hall–Kier alpha value is -1.31. The maximum absolute atomic E-state index is 11.0. The molecule has 0 atom stereocenters. The third-order valence-corrected chi connectivity index (χ3v) is 1.44. The first-order valence-electron chi connectivity index (χ1n) is 3.44. The predicted molar refractivity (Wildman–Crippen MR) is 42.9 cm³/mol. The van der Waals surface area contributed by atoms with Gasteiger partial charge in [0.05, 0.1) is 13.0 Å². The number of hydrogen-bond acceptors (Lipinski definition) is 2. The van der Waals surface area contributed by atoms with Gasteiger partial charge in [0.2, 0.25) is 0 Å². The normalized spacial score (nSPS) is 16.5. The number of carbonyl (C=O) groups excluding carboxylic acids is 1. The first-order chi connectivity index (χ1) is 5.34. The van der Waals surface area contributed by atoms with Gasteiger partial charge in [-0.1, -0.05) is 36.5 Å². The molecule has 0 amide bonds. The van der Waals surface area contributed by atoms with Crippen molar-refractivity contribution in [2.45, 2.75) is 0 Å². The van der Waals surface area contributed by atoms with E-state index in [1.54, 1.807) is 12.2 Å². The van der Waals surface area contributed by atoms with Crippen LogP contribution in [0.3, 0.4) is 0 Å². The number of hydrogen-bond donors (Lipinski definition) is 0. The van der Waals surface area contributed by atoms with Crippen molar-refractivity contribution < 1.29 is 9.53 Å². The monoisotopic (exact) mass is 151 g/mol. The highest BCUT2D eigenvalue weighted by Gasteiger charge is 2.11. The molecule has 58 valence electrons. The standard InChI is InChI=1S/C9H10O2/c1-11-9(10)8-6-4-2-3-5-7-8/h2-8H,1H3/i9+1. The van der Waals surface area contributed by atoms with Crippen LogP contribution in [-0.2, 0) is 9.53 Å². The van der Waals surface area contributed by atoms with Gasteiger partial charge in [0, 0.05) is 0 Å². The maximum atomic E-state index is 11.0. The molecular weight excluding hydrogens is 141 g/mol. The third kappa shape index (κ3) is 2.08. The maximum Gasteiger partial charge on any atom is 0.316 e. The number of carbonyl (C=O) groups is 1. The zero-order valence-electron chi connectivity index (χ0n) is 6.36. The molecule has 0 radical (unpaired) electrons. The molecule has 0 saturated carbocycles. The van der Waals surface area contributed by atoms with E-state index >= 15 is 0 Å². The second-order valence-electron chi connectivity index (χ2n) is 2.20. The van der Waals surface area contributed by atoms with E-state index in [2.05, 4.69) is 4.74 Å². The van der Waals surface area contributed by atoms with E-state index in [4.69, 9.17) is 0 Å². The number of ether oxygens (including phenoxy) is 1. The quantitative estimate of drug-likeness (QED) is 0.419. The lowest BCUT2D eigenvalue weighted by Gasteiger charge is -2.02. The fourth-order valence-corrected chi connectivity index (χ4v) is 0.853. The highest BCUT2D eigenvalue weighted by Crippen LogP contribution is 2.06. The molecule has 0 heterocycles. The summed E-state index contributed by atoms with van der Waals surface area (Å²) in [6.07, 6.45) is 11.0. The zero-order chi connectivity index (χ0) is 8.10. The first-order valence-corrected chi connectivity index (χ1v) is 3.44. The molecular formula is C9H10O2. The minimum Gasteiger partial charge on any atom is -0.468 e. The van der Waals surface area contributed by atoms with E-state index in [-0.39, 0.29) is 11.9 Å². The van der Waals surface area contributed by atoms with Crippen molar-refractivity contribution in [3.05, 3.63) is 36.5 Å². The van der Waals surface area contributed by atoms with E-state index in [1.807, 2.05) is 24.3 Å². The van der Waals surface area contributed by atoms with Crippen LogP contribution in [0, 0.1) is 5.92 Å². The molecule has 0 spiro atoms. The summed E-state index contributed by atoms with van der Waals surface area (Å²) in [6, 6.07) is 0. The highest BCUT2D eigenvalue weighted by molar-refractivity contribution is 5.76. The average molecular weight is 151 g/mol. The second-order valence-corrected chi connectivity index (χ2v) is 2.20. The largest absolute Gasteiger partial charge is 0.468 e. The van der Waals surface area contributed by atoms with Crippen LogP contribution in [0.5, 0.6) is 0 Å². The molecule has 11 heavy (non-hydrogen) atoms. The van der Waals surface area contributed by atoms with Crippen LogP contribution in [-0.4, -0.2) is 13.1 Å². The van der Waals surface area contributed by atoms with Crippen LogP contribution in [0.4, 0.5) is 0 Å². The number of esters is 1. The zero-order valence-corrected chi connectivity index (χ0v) is 6.36. The first kappa shape index (κ1) is 7.79. The van der Waals surface area contributed by atoms with Gasteiger partial charge in [0.1, 0.15) is 0 Å². The molecule has 1 aliphatic rings. The summed E-state index contributed by atoms with van der Waals surface area (Å²) in [7, 11) is 1.39. The Kier molecular flexibility index (Phi) is 2.66. The molecule has 2 nitrogen and oxygen atoms in total. The molecule has 0 N–H and O–H groups in total. The molecule has 0 aromatic rings. The van der Waals surface area contributed by atoms with Crippen molar-refractivity contribution in [1.82, 2.24) is 0 Å². The molecule has 0 unspecified atom stereocenters.